The van der Waals surface area contributed by atoms with Crippen molar-refractivity contribution in [1.29, 1.82) is 0 Å². The van der Waals surface area contributed by atoms with Crippen LogP contribution >= 0.6 is 0 Å². The van der Waals surface area contributed by atoms with Crippen molar-refractivity contribution >= 4 is 0 Å². The van der Waals surface area contributed by atoms with Gasteiger partial charge in [-0.15, -0.1) is 0 Å². The molecule has 2 atom stereocenters. The predicted octanol–water partition coefficient (Wildman–Crippen LogP) is 2.61. The Morgan fingerprint density at radius 1 is 1.20 bits per heavy atom. The number of benzene rings is 1. The molecule has 1 fully saturated rings. The third-order valence-corrected chi connectivity index (χ3v) is 4.50. The minimum atomic E-state index is 0.175. The molecule has 20 heavy (non-hydrogen) atoms. The van der Waals surface area contributed by atoms with Gasteiger partial charge in [-0.25, -0.2) is 0 Å². The number of nitrogens with one attached hydrogen (secondary N) is 1. The van der Waals surface area contributed by atoms with Crippen LogP contribution in [0.4, 0.5) is 0 Å². The maximum atomic E-state index is 5.48. The second-order valence-electron chi connectivity index (χ2n) is 5.89. The molecule has 4 heteroatoms. The van der Waals surface area contributed by atoms with Gasteiger partial charge in [0.1, 0.15) is 11.5 Å². The smallest absolute Gasteiger partial charge is 0.127 e. The van der Waals surface area contributed by atoms with Gasteiger partial charge in [-0.1, -0.05) is 19.9 Å². The largest absolute Gasteiger partial charge is 0.497 e. The molecular weight excluding hydrogens is 254 g/mol. The van der Waals surface area contributed by atoms with Crippen LogP contribution in [0.3, 0.4) is 0 Å². The molecule has 4 nitrogen and oxygen atoms in total. The van der Waals surface area contributed by atoms with Crippen molar-refractivity contribution in [3.63, 3.8) is 0 Å². The molecule has 1 aliphatic carbocycles. The highest BCUT2D eigenvalue weighted by Crippen LogP contribution is 2.42. The van der Waals surface area contributed by atoms with Gasteiger partial charge in [0, 0.05) is 36.7 Å². The van der Waals surface area contributed by atoms with Crippen molar-refractivity contribution in [3.8, 4) is 11.5 Å². The van der Waals surface area contributed by atoms with Crippen molar-refractivity contribution < 1.29 is 14.2 Å². The fourth-order valence-corrected chi connectivity index (χ4v) is 2.86. The average molecular weight is 279 g/mol. The lowest BCUT2D eigenvalue weighted by atomic mass is 9.64. The summed E-state index contributed by atoms with van der Waals surface area (Å²) in [6.45, 7) is 5.28. The minimum absolute atomic E-state index is 0.175. The van der Waals surface area contributed by atoms with Crippen LogP contribution in [0.2, 0.25) is 0 Å². The zero-order valence-electron chi connectivity index (χ0n) is 13.0. The Kier molecular flexibility index (Phi) is 4.55. The van der Waals surface area contributed by atoms with Crippen LogP contribution in [0, 0.1) is 5.41 Å². The van der Waals surface area contributed by atoms with Gasteiger partial charge in [-0.3, -0.25) is 0 Å². The molecule has 112 valence electrons. The second kappa shape index (κ2) is 6.02. The summed E-state index contributed by atoms with van der Waals surface area (Å²) in [7, 11) is 5.14. The fourth-order valence-electron chi connectivity index (χ4n) is 2.86. The van der Waals surface area contributed by atoms with Gasteiger partial charge in [0.2, 0.25) is 0 Å². The standard InChI is InChI=1S/C16H25NO3/c1-16(2)14(9-15(16)20-5)17-10-11-6-7-12(18-3)8-13(11)19-4/h6-8,14-15,17H,9-10H2,1-5H3. The fraction of sp³-hybridized carbons (Fsp3) is 0.625. The summed E-state index contributed by atoms with van der Waals surface area (Å²) in [4.78, 5) is 0. The molecule has 1 N–H and O–H groups in total. The van der Waals surface area contributed by atoms with Crippen molar-refractivity contribution in [1.82, 2.24) is 5.32 Å². The minimum Gasteiger partial charge on any atom is -0.497 e. The second-order valence-corrected chi connectivity index (χ2v) is 5.89. The summed E-state index contributed by atoms with van der Waals surface area (Å²) in [6.07, 6.45) is 1.40. The van der Waals surface area contributed by atoms with E-state index in [9.17, 15) is 0 Å². The first kappa shape index (κ1) is 15.1. The zero-order chi connectivity index (χ0) is 14.8. The van der Waals surface area contributed by atoms with E-state index < -0.39 is 0 Å². The van der Waals surface area contributed by atoms with Crippen LogP contribution in [0.15, 0.2) is 18.2 Å². The van der Waals surface area contributed by atoms with E-state index >= 15 is 0 Å². The van der Waals surface area contributed by atoms with E-state index in [4.69, 9.17) is 14.2 Å². The van der Waals surface area contributed by atoms with Crippen molar-refractivity contribution in [2.24, 2.45) is 5.41 Å². The Morgan fingerprint density at radius 2 is 1.95 bits per heavy atom. The van der Waals surface area contributed by atoms with Gasteiger partial charge in [0.15, 0.2) is 0 Å². The van der Waals surface area contributed by atoms with Crippen LogP contribution in [-0.4, -0.2) is 33.5 Å². The lowest BCUT2D eigenvalue weighted by Gasteiger charge is -2.51. The number of ether oxygens (including phenoxy) is 3. The van der Waals surface area contributed by atoms with Crippen molar-refractivity contribution in [2.45, 2.75) is 39.0 Å². The van der Waals surface area contributed by atoms with E-state index in [0.717, 1.165) is 30.0 Å². The molecule has 0 bridgehead atoms. The maximum absolute atomic E-state index is 5.48. The first-order valence-corrected chi connectivity index (χ1v) is 7.00. The van der Waals surface area contributed by atoms with E-state index in [2.05, 4.69) is 19.2 Å². The Bertz CT molecular complexity index is 459. The molecule has 1 saturated carbocycles. The summed E-state index contributed by atoms with van der Waals surface area (Å²) < 4.78 is 16.1. The van der Waals surface area contributed by atoms with Crippen molar-refractivity contribution in [2.75, 3.05) is 21.3 Å². The Balaban J connectivity index is 1.98. The summed E-state index contributed by atoms with van der Waals surface area (Å²) in [5.74, 6) is 1.67. The van der Waals surface area contributed by atoms with E-state index in [1.165, 1.54) is 0 Å². The van der Waals surface area contributed by atoms with E-state index in [-0.39, 0.29) is 5.41 Å². The molecule has 1 aromatic rings. The molecule has 2 unspecified atom stereocenters. The molecule has 0 aromatic heterocycles. The lowest BCUT2D eigenvalue weighted by Crippen LogP contribution is -2.60. The molecule has 0 spiro atoms. The van der Waals surface area contributed by atoms with E-state index in [1.54, 1.807) is 21.3 Å². The van der Waals surface area contributed by atoms with Crippen LogP contribution < -0.4 is 14.8 Å². The number of methoxy groups -OCH3 is 3. The molecular formula is C16H25NO3. The molecule has 0 heterocycles. The quantitative estimate of drug-likeness (QED) is 0.869. The van der Waals surface area contributed by atoms with Crippen molar-refractivity contribution in [3.05, 3.63) is 23.8 Å². The molecule has 0 aliphatic heterocycles. The van der Waals surface area contributed by atoms with Crippen LogP contribution in [0.1, 0.15) is 25.8 Å². The Hall–Kier alpha value is -1.26. The third-order valence-electron chi connectivity index (χ3n) is 4.50. The van der Waals surface area contributed by atoms with Gasteiger partial charge in [-0.2, -0.15) is 0 Å². The lowest BCUT2D eigenvalue weighted by molar-refractivity contribution is -0.0979. The SMILES string of the molecule is COc1ccc(CNC2CC(OC)C2(C)C)c(OC)c1. The first-order chi connectivity index (χ1) is 9.52. The van der Waals surface area contributed by atoms with Gasteiger partial charge in [-0.05, 0) is 12.5 Å². The third kappa shape index (κ3) is 2.76. The highest BCUT2D eigenvalue weighted by atomic mass is 16.5. The summed E-state index contributed by atoms with van der Waals surface area (Å²) in [5, 5.41) is 3.60. The summed E-state index contributed by atoms with van der Waals surface area (Å²) >= 11 is 0. The van der Waals surface area contributed by atoms with Gasteiger partial charge >= 0.3 is 0 Å². The summed E-state index contributed by atoms with van der Waals surface area (Å²) in [6, 6.07) is 6.40. The highest BCUT2D eigenvalue weighted by Gasteiger charge is 2.48. The number of hydrogen-bond acceptors (Lipinski definition) is 4. The van der Waals surface area contributed by atoms with Gasteiger partial charge in [0.25, 0.3) is 0 Å². The topological polar surface area (TPSA) is 39.7 Å². The molecule has 1 aliphatic rings. The van der Waals surface area contributed by atoms with Crippen LogP contribution in [0.25, 0.3) is 0 Å². The predicted molar refractivity (Wildman–Crippen MR) is 79.4 cm³/mol. The first-order valence-electron chi connectivity index (χ1n) is 7.00. The normalized spacial score (nSPS) is 24.1. The highest BCUT2D eigenvalue weighted by molar-refractivity contribution is 5.40. The summed E-state index contributed by atoms with van der Waals surface area (Å²) in [5.41, 5.74) is 1.32. The average Bonchev–Trinajstić information content (AvgIpc) is 2.46. The van der Waals surface area contributed by atoms with Gasteiger partial charge in [0.05, 0.1) is 20.3 Å². The van der Waals surface area contributed by atoms with Gasteiger partial charge < -0.3 is 19.5 Å². The van der Waals surface area contributed by atoms with E-state index in [1.807, 2.05) is 18.2 Å². The Morgan fingerprint density at radius 3 is 2.50 bits per heavy atom. The molecule has 2 rings (SSSR count). The van der Waals surface area contributed by atoms with Crippen LogP contribution in [-0.2, 0) is 11.3 Å². The zero-order valence-corrected chi connectivity index (χ0v) is 13.0. The maximum Gasteiger partial charge on any atom is 0.127 e. The number of hydrogen-bond donors (Lipinski definition) is 1. The molecule has 0 amide bonds. The van der Waals surface area contributed by atoms with Crippen LogP contribution in [0.5, 0.6) is 11.5 Å². The molecule has 0 radical (unpaired) electrons. The monoisotopic (exact) mass is 279 g/mol. The Labute approximate surface area is 121 Å². The number of rotatable bonds is 6. The van der Waals surface area contributed by atoms with E-state index in [0.29, 0.717) is 12.1 Å². The molecule has 0 saturated heterocycles. The molecule has 1 aromatic carbocycles.